The first kappa shape index (κ1) is 14.7. The van der Waals surface area contributed by atoms with Crippen molar-refractivity contribution in [3.05, 3.63) is 15.8 Å². The number of anilines is 1. The molecule has 0 unspecified atom stereocenters. The predicted octanol–water partition coefficient (Wildman–Crippen LogP) is 1.24. The van der Waals surface area contributed by atoms with E-state index in [9.17, 15) is 10.1 Å². The molecule has 1 aromatic rings. The van der Waals surface area contributed by atoms with Gasteiger partial charge in [-0.3, -0.25) is 10.1 Å². The minimum Gasteiger partial charge on any atom is -0.381 e. The maximum atomic E-state index is 11.1. The summed E-state index contributed by atoms with van der Waals surface area (Å²) in [6, 6.07) is 0. The van der Waals surface area contributed by atoms with Crippen LogP contribution in [0.25, 0.3) is 0 Å². The number of nitrogens with zero attached hydrogens (tertiary/aromatic N) is 3. The zero-order chi connectivity index (χ0) is 14.8. The highest BCUT2D eigenvalue weighted by molar-refractivity contribution is 5.59. The van der Waals surface area contributed by atoms with Gasteiger partial charge in [0.2, 0.25) is 5.82 Å². The average molecular weight is 284 g/mol. The normalized spacial score (nSPS) is 17.9. The summed E-state index contributed by atoms with van der Waals surface area (Å²) in [5.41, 5.74) is 0.0776. The van der Waals surface area contributed by atoms with Crippen LogP contribution in [0.15, 0.2) is 0 Å². The van der Waals surface area contributed by atoms with Crippen molar-refractivity contribution in [1.29, 1.82) is 0 Å². The second kappa shape index (κ2) is 5.76. The molecular weight excluding hydrogens is 264 g/mol. The van der Waals surface area contributed by atoms with Crippen molar-refractivity contribution >= 4 is 11.5 Å². The third-order valence-electron chi connectivity index (χ3n) is 3.79. The van der Waals surface area contributed by atoms with Crippen LogP contribution in [0.5, 0.6) is 0 Å². The first-order chi connectivity index (χ1) is 9.49. The van der Waals surface area contributed by atoms with Crippen molar-refractivity contribution in [2.24, 2.45) is 7.05 Å². The Morgan fingerprint density at radius 1 is 1.55 bits per heavy atom. The van der Waals surface area contributed by atoms with Crippen molar-refractivity contribution in [3.63, 3.8) is 0 Å². The molecule has 112 valence electrons. The molecule has 0 aromatic carbocycles. The van der Waals surface area contributed by atoms with Gasteiger partial charge in [0.05, 0.1) is 10.5 Å². The summed E-state index contributed by atoms with van der Waals surface area (Å²) in [6.45, 7) is 3.40. The molecule has 20 heavy (non-hydrogen) atoms. The maximum Gasteiger partial charge on any atom is 0.333 e. The molecule has 8 nitrogen and oxygen atoms in total. The van der Waals surface area contributed by atoms with E-state index in [0.717, 1.165) is 12.8 Å². The number of nitro groups is 1. The van der Waals surface area contributed by atoms with Gasteiger partial charge in [-0.25, -0.2) is 4.68 Å². The van der Waals surface area contributed by atoms with Gasteiger partial charge in [0, 0.05) is 46.8 Å². The first-order valence-electron chi connectivity index (χ1n) is 6.54. The molecule has 1 fully saturated rings. The SMILES string of the molecule is COC1(CNc2c([N+](=O)[O-])c(C)nn2C)CCOCC1. The second-order valence-corrected chi connectivity index (χ2v) is 5.02. The Hall–Kier alpha value is -1.67. The summed E-state index contributed by atoms with van der Waals surface area (Å²) >= 11 is 0. The van der Waals surface area contributed by atoms with Crippen molar-refractivity contribution in [2.45, 2.75) is 25.4 Å². The zero-order valence-electron chi connectivity index (χ0n) is 12.0. The van der Waals surface area contributed by atoms with E-state index >= 15 is 0 Å². The fourth-order valence-corrected chi connectivity index (χ4v) is 2.50. The molecule has 0 spiro atoms. The van der Waals surface area contributed by atoms with Crippen molar-refractivity contribution in [1.82, 2.24) is 9.78 Å². The molecule has 1 aliphatic rings. The highest BCUT2D eigenvalue weighted by Gasteiger charge is 2.34. The lowest BCUT2D eigenvalue weighted by Gasteiger charge is -2.36. The molecule has 2 heterocycles. The van der Waals surface area contributed by atoms with Crippen LogP contribution in [0.3, 0.4) is 0 Å². The monoisotopic (exact) mass is 284 g/mol. The minimum atomic E-state index is -0.409. The quantitative estimate of drug-likeness (QED) is 0.646. The lowest BCUT2D eigenvalue weighted by molar-refractivity contribution is -0.384. The predicted molar refractivity (Wildman–Crippen MR) is 72.9 cm³/mol. The third kappa shape index (κ3) is 2.75. The molecule has 1 aliphatic heterocycles. The molecule has 1 N–H and O–H groups in total. The van der Waals surface area contributed by atoms with Crippen molar-refractivity contribution in [3.8, 4) is 0 Å². The van der Waals surface area contributed by atoms with Gasteiger partial charge in [0.25, 0.3) is 0 Å². The molecule has 0 aliphatic carbocycles. The summed E-state index contributed by atoms with van der Waals surface area (Å²) in [7, 11) is 3.35. The molecule has 0 amide bonds. The Balaban J connectivity index is 2.16. The van der Waals surface area contributed by atoms with Crippen LogP contribution >= 0.6 is 0 Å². The molecule has 8 heteroatoms. The molecule has 1 saturated heterocycles. The van der Waals surface area contributed by atoms with Crippen LogP contribution in [0.4, 0.5) is 11.5 Å². The molecule has 0 atom stereocenters. The van der Waals surface area contributed by atoms with Gasteiger partial charge in [0.15, 0.2) is 0 Å². The number of rotatable bonds is 5. The fourth-order valence-electron chi connectivity index (χ4n) is 2.50. The lowest BCUT2D eigenvalue weighted by atomic mass is 9.94. The summed E-state index contributed by atoms with van der Waals surface area (Å²) in [4.78, 5) is 10.7. The van der Waals surface area contributed by atoms with Gasteiger partial charge in [0.1, 0.15) is 5.69 Å². The summed E-state index contributed by atoms with van der Waals surface area (Å²) < 4.78 is 12.4. The Kier molecular flexibility index (Phi) is 4.24. The van der Waals surface area contributed by atoms with Crippen molar-refractivity contribution in [2.75, 3.05) is 32.2 Å². The number of methoxy groups -OCH3 is 1. The van der Waals surface area contributed by atoms with E-state index < -0.39 is 4.92 Å². The summed E-state index contributed by atoms with van der Waals surface area (Å²) in [5, 5.41) is 18.3. The number of ether oxygens (including phenoxy) is 2. The molecule has 0 saturated carbocycles. The van der Waals surface area contributed by atoms with E-state index in [-0.39, 0.29) is 11.3 Å². The Morgan fingerprint density at radius 2 is 2.20 bits per heavy atom. The topological polar surface area (TPSA) is 91.5 Å². The maximum absolute atomic E-state index is 11.1. The third-order valence-corrected chi connectivity index (χ3v) is 3.79. The van der Waals surface area contributed by atoms with Crippen molar-refractivity contribution < 1.29 is 14.4 Å². The summed E-state index contributed by atoms with van der Waals surface area (Å²) in [5.74, 6) is 0.412. The van der Waals surface area contributed by atoms with E-state index in [2.05, 4.69) is 10.4 Å². The molecule has 1 aromatic heterocycles. The van der Waals surface area contributed by atoms with Crippen LogP contribution < -0.4 is 5.32 Å². The number of aromatic nitrogens is 2. The van der Waals surface area contributed by atoms with E-state index in [1.807, 2.05) is 0 Å². The highest BCUT2D eigenvalue weighted by atomic mass is 16.6. The van der Waals surface area contributed by atoms with Crippen LogP contribution in [-0.4, -0.2) is 47.2 Å². The van der Waals surface area contributed by atoms with Crippen LogP contribution in [-0.2, 0) is 16.5 Å². The Labute approximate surface area is 117 Å². The van der Waals surface area contributed by atoms with Gasteiger partial charge in [-0.2, -0.15) is 5.10 Å². The average Bonchev–Trinajstić information content (AvgIpc) is 2.72. The van der Waals surface area contributed by atoms with Crippen LogP contribution in [0.2, 0.25) is 0 Å². The summed E-state index contributed by atoms with van der Waals surface area (Å²) in [6.07, 6.45) is 1.53. The van der Waals surface area contributed by atoms with E-state index in [0.29, 0.717) is 31.3 Å². The van der Waals surface area contributed by atoms with Gasteiger partial charge < -0.3 is 14.8 Å². The number of aryl methyl sites for hydroxylation is 2. The zero-order valence-corrected chi connectivity index (χ0v) is 12.0. The van der Waals surface area contributed by atoms with Crippen LogP contribution in [0.1, 0.15) is 18.5 Å². The smallest absolute Gasteiger partial charge is 0.333 e. The van der Waals surface area contributed by atoms with Gasteiger partial charge in [-0.15, -0.1) is 0 Å². The second-order valence-electron chi connectivity index (χ2n) is 5.02. The van der Waals surface area contributed by atoms with E-state index in [1.54, 1.807) is 21.1 Å². The van der Waals surface area contributed by atoms with Gasteiger partial charge in [-0.05, 0) is 6.92 Å². The number of hydrogen-bond donors (Lipinski definition) is 1. The van der Waals surface area contributed by atoms with Gasteiger partial charge >= 0.3 is 5.69 Å². The Bertz CT molecular complexity index is 494. The standard InChI is InChI=1S/C12H20N4O4/c1-9-10(16(17)18)11(15(2)14-9)13-8-12(19-3)4-6-20-7-5-12/h13H,4-8H2,1-3H3. The largest absolute Gasteiger partial charge is 0.381 e. The lowest BCUT2D eigenvalue weighted by Crippen LogP contribution is -2.44. The molecule has 2 rings (SSSR count). The van der Waals surface area contributed by atoms with Gasteiger partial charge in [-0.1, -0.05) is 0 Å². The van der Waals surface area contributed by atoms with E-state index in [1.165, 1.54) is 4.68 Å². The molecule has 0 bridgehead atoms. The fraction of sp³-hybridized carbons (Fsp3) is 0.750. The highest BCUT2D eigenvalue weighted by Crippen LogP contribution is 2.30. The minimum absolute atomic E-state index is 0.0193. The number of nitrogens with one attached hydrogen (secondary N) is 1. The molecular formula is C12H20N4O4. The number of hydrogen-bond acceptors (Lipinski definition) is 6. The van der Waals surface area contributed by atoms with E-state index in [4.69, 9.17) is 9.47 Å². The van der Waals surface area contributed by atoms with Crippen LogP contribution in [0, 0.1) is 17.0 Å². The molecule has 0 radical (unpaired) electrons. The first-order valence-corrected chi connectivity index (χ1v) is 6.54. The Morgan fingerprint density at radius 3 is 2.75 bits per heavy atom.